The monoisotopic (exact) mass is 419 g/mol. The van der Waals surface area contributed by atoms with Crippen LogP contribution in [-0.4, -0.2) is 31.3 Å². The summed E-state index contributed by atoms with van der Waals surface area (Å²) in [5.74, 6) is -0.0275. The van der Waals surface area contributed by atoms with Crippen molar-refractivity contribution in [1.82, 2.24) is 18.9 Å². The van der Waals surface area contributed by atoms with Gasteiger partial charge >= 0.3 is 6.18 Å². The van der Waals surface area contributed by atoms with Crippen LogP contribution in [0, 0.1) is 5.41 Å². The molecule has 10 heteroatoms. The van der Waals surface area contributed by atoms with E-state index in [4.69, 9.17) is 10.1 Å². The van der Waals surface area contributed by atoms with Gasteiger partial charge in [-0.25, -0.2) is 0 Å². The molecule has 0 saturated heterocycles. The molecule has 0 unspecified atom stereocenters. The zero-order valence-electron chi connectivity index (χ0n) is 16.5. The molecule has 0 aliphatic carbocycles. The molecular formula is C20H20F3N5O2. The summed E-state index contributed by atoms with van der Waals surface area (Å²) >= 11 is 0. The number of imidazole rings is 1. The van der Waals surface area contributed by atoms with Crippen LogP contribution in [0.1, 0.15) is 35.0 Å². The van der Waals surface area contributed by atoms with Gasteiger partial charge in [0.2, 0.25) is 5.62 Å². The van der Waals surface area contributed by atoms with E-state index in [0.717, 1.165) is 0 Å². The summed E-state index contributed by atoms with van der Waals surface area (Å²) in [6, 6.07) is 3.22. The Morgan fingerprint density at radius 1 is 1.20 bits per heavy atom. The Morgan fingerprint density at radius 2 is 1.93 bits per heavy atom. The van der Waals surface area contributed by atoms with Gasteiger partial charge in [-0.2, -0.15) is 18.3 Å². The number of hydrogen-bond donors (Lipinski definition) is 1. The molecule has 0 spiro atoms. The number of carbonyl (C=O) groups excluding carboxylic acids is 1. The Morgan fingerprint density at radius 3 is 2.57 bits per heavy atom. The van der Waals surface area contributed by atoms with Crippen LogP contribution in [0.15, 0.2) is 30.7 Å². The molecule has 0 amide bonds. The second-order valence-electron chi connectivity index (χ2n) is 7.15. The van der Waals surface area contributed by atoms with Crippen LogP contribution in [0.4, 0.5) is 13.2 Å². The number of Topliss-reactive ketones (excluding diaryl/α,β-unsaturated/α-hetero) is 1. The molecule has 1 aliphatic rings. The van der Waals surface area contributed by atoms with Gasteiger partial charge < -0.3 is 13.9 Å². The molecule has 0 bridgehead atoms. The van der Waals surface area contributed by atoms with E-state index in [1.54, 1.807) is 47.6 Å². The Hall–Kier alpha value is -3.30. The van der Waals surface area contributed by atoms with Gasteiger partial charge in [-0.15, -0.1) is 0 Å². The second kappa shape index (κ2) is 7.19. The van der Waals surface area contributed by atoms with Crippen LogP contribution >= 0.6 is 0 Å². The number of aryl methyl sites for hydroxylation is 2. The summed E-state index contributed by atoms with van der Waals surface area (Å²) in [4.78, 5) is 12.5. The van der Waals surface area contributed by atoms with Crippen molar-refractivity contribution >= 4 is 5.78 Å². The average Bonchev–Trinajstić information content (AvgIpc) is 3.27. The molecule has 1 aromatic carbocycles. The highest BCUT2D eigenvalue weighted by Gasteiger charge is 2.39. The molecule has 3 aromatic rings. The predicted octanol–water partition coefficient (Wildman–Crippen LogP) is 3.22. The van der Waals surface area contributed by atoms with Gasteiger partial charge in [0.1, 0.15) is 5.75 Å². The number of aromatic nitrogens is 4. The van der Waals surface area contributed by atoms with Gasteiger partial charge in [0.15, 0.2) is 11.5 Å². The number of nitrogens with zero attached hydrogens (tertiary/aromatic N) is 4. The quantitative estimate of drug-likeness (QED) is 0.705. The molecule has 0 atom stereocenters. The number of carbonyl (C=O) groups is 1. The first-order valence-electron chi connectivity index (χ1n) is 9.43. The molecule has 1 aliphatic heterocycles. The van der Waals surface area contributed by atoms with Crippen molar-refractivity contribution in [2.75, 3.05) is 6.61 Å². The molecule has 3 heterocycles. The van der Waals surface area contributed by atoms with Crippen molar-refractivity contribution in [1.29, 1.82) is 5.41 Å². The summed E-state index contributed by atoms with van der Waals surface area (Å²) in [7, 11) is 1.73. The standard InChI is InChI=1S/C20H20F3N5O2/c1-3-28-11-15(18(25-28)20(21,22)23)13-8-12(10-27-6-5-26(2)19(27)24)9-14-16(29)4-7-30-17(13)14/h5-6,8-9,11,24H,3-4,7,10H2,1-2H3. The van der Waals surface area contributed by atoms with Gasteiger partial charge in [-0.3, -0.25) is 14.9 Å². The van der Waals surface area contributed by atoms with E-state index >= 15 is 0 Å². The van der Waals surface area contributed by atoms with Gasteiger partial charge in [0, 0.05) is 49.7 Å². The Balaban J connectivity index is 1.92. The summed E-state index contributed by atoms with van der Waals surface area (Å²) in [5, 5.41) is 11.8. The third-order valence-corrected chi connectivity index (χ3v) is 5.10. The van der Waals surface area contributed by atoms with Gasteiger partial charge in [-0.05, 0) is 24.6 Å². The first-order valence-corrected chi connectivity index (χ1v) is 9.43. The highest BCUT2D eigenvalue weighted by atomic mass is 19.4. The van der Waals surface area contributed by atoms with Crippen molar-refractivity contribution < 1.29 is 22.7 Å². The molecule has 4 rings (SSSR count). The molecular weight excluding hydrogens is 399 g/mol. The van der Waals surface area contributed by atoms with Crippen LogP contribution < -0.4 is 10.4 Å². The molecule has 0 saturated carbocycles. The molecule has 1 N–H and O–H groups in total. The van der Waals surface area contributed by atoms with Crippen LogP contribution in [0.5, 0.6) is 5.75 Å². The van der Waals surface area contributed by atoms with E-state index in [1.165, 1.54) is 10.9 Å². The lowest BCUT2D eigenvalue weighted by atomic mass is 9.94. The largest absolute Gasteiger partial charge is 0.492 e. The van der Waals surface area contributed by atoms with Crippen molar-refractivity contribution in [3.8, 4) is 16.9 Å². The van der Waals surface area contributed by atoms with E-state index in [1.807, 2.05) is 0 Å². The lowest BCUT2D eigenvalue weighted by Gasteiger charge is -2.21. The zero-order chi connectivity index (χ0) is 21.6. The third kappa shape index (κ3) is 3.42. The van der Waals surface area contributed by atoms with E-state index < -0.39 is 11.9 Å². The summed E-state index contributed by atoms with van der Waals surface area (Å²) in [6.07, 6.45) is 0.257. The number of ether oxygens (including phenoxy) is 1. The Bertz CT molecular complexity index is 1190. The number of halogens is 3. The van der Waals surface area contributed by atoms with Gasteiger partial charge in [0.05, 0.1) is 18.7 Å². The van der Waals surface area contributed by atoms with E-state index in [9.17, 15) is 18.0 Å². The molecule has 30 heavy (non-hydrogen) atoms. The van der Waals surface area contributed by atoms with Crippen LogP contribution in [0.3, 0.4) is 0 Å². The fraction of sp³-hybridized carbons (Fsp3) is 0.350. The molecule has 158 valence electrons. The SMILES string of the molecule is CCn1cc(-c2cc(Cn3ccn(C)c3=N)cc3c2OCCC3=O)c(C(F)(F)F)n1. The topological polar surface area (TPSA) is 77.8 Å². The lowest BCUT2D eigenvalue weighted by Crippen LogP contribution is -2.23. The fourth-order valence-electron chi connectivity index (χ4n) is 3.56. The Kier molecular flexibility index (Phi) is 4.79. The predicted molar refractivity (Wildman–Crippen MR) is 101 cm³/mol. The maximum atomic E-state index is 13.7. The number of fused-ring (bicyclic) bond motifs is 1. The van der Waals surface area contributed by atoms with Crippen LogP contribution in [-0.2, 0) is 26.3 Å². The maximum absolute atomic E-state index is 13.7. The first-order chi connectivity index (χ1) is 14.2. The van der Waals surface area contributed by atoms with Gasteiger partial charge in [-0.1, -0.05) is 0 Å². The number of benzene rings is 1. The molecule has 0 radical (unpaired) electrons. The number of nitrogens with one attached hydrogen (secondary N) is 1. The minimum absolute atomic E-state index is 0.117. The smallest absolute Gasteiger partial charge is 0.435 e. The van der Waals surface area contributed by atoms with Crippen molar-refractivity contribution in [2.24, 2.45) is 7.05 Å². The highest BCUT2D eigenvalue weighted by molar-refractivity contribution is 6.02. The molecule has 2 aromatic heterocycles. The van der Waals surface area contributed by atoms with Crippen LogP contribution in [0.25, 0.3) is 11.1 Å². The minimum Gasteiger partial charge on any atom is -0.492 e. The van der Waals surface area contributed by atoms with Crippen molar-refractivity contribution in [2.45, 2.75) is 32.6 Å². The van der Waals surface area contributed by atoms with E-state index in [0.29, 0.717) is 5.56 Å². The van der Waals surface area contributed by atoms with E-state index in [2.05, 4.69) is 5.10 Å². The maximum Gasteiger partial charge on any atom is 0.435 e. The van der Waals surface area contributed by atoms with Crippen LogP contribution in [0.2, 0.25) is 0 Å². The van der Waals surface area contributed by atoms with Crippen molar-refractivity contribution in [3.05, 3.63) is 53.2 Å². The number of ketones is 1. The highest BCUT2D eigenvalue weighted by Crippen LogP contribution is 2.43. The second-order valence-corrected chi connectivity index (χ2v) is 7.15. The Labute approximate surface area is 169 Å². The summed E-state index contributed by atoms with van der Waals surface area (Å²) < 4.78 is 51.2. The third-order valence-electron chi connectivity index (χ3n) is 5.10. The first kappa shape index (κ1) is 20.0. The van der Waals surface area contributed by atoms with E-state index in [-0.39, 0.29) is 60.0 Å². The lowest BCUT2D eigenvalue weighted by molar-refractivity contribution is -0.141. The summed E-state index contributed by atoms with van der Waals surface area (Å²) in [5.41, 5.74) is 0.135. The van der Waals surface area contributed by atoms with Gasteiger partial charge in [0.25, 0.3) is 0 Å². The normalized spacial score (nSPS) is 14.0. The average molecular weight is 419 g/mol. The molecule has 7 nitrogen and oxygen atoms in total. The van der Waals surface area contributed by atoms with Crippen molar-refractivity contribution in [3.63, 3.8) is 0 Å². The molecule has 0 fully saturated rings. The number of hydrogen-bond acceptors (Lipinski definition) is 4. The minimum atomic E-state index is -4.65. The fourth-order valence-corrected chi connectivity index (χ4v) is 3.56. The summed E-state index contributed by atoms with van der Waals surface area (Å²) in [6.45, 7) is 2.32. The zero-order valence-corrected chi connectivity index (χ0v) is 16.5. The number of alkyl halides is 3. The number of rotatable bonds is 4.